The van der Waals surface area contributed by atoms with Gasteiger partial charge in [0.05, 0.1) is 23.2 Å². The third-order valence-corrected chi connectivity index (χ3v) is 4.85. The number of rotatable bonds is 6. The number of aromatic nitrogens is 2. The first-order chi connectivity index (χ1) is 12.6. The van der Waals surface area contributed by atoms with Crippen LogP contribution in [-0.4, -0.2) is 35.1 Å². The fraction of sp³-hybridized carbons (Fsp3) is 0.188. The van der Waals surface area contributed by atoms with Gasteiger partial charge in [0.25, 0.3) is 11.5 Å². The minimum Gasteiger partial charge on any atom is -0.497 e. The molecule has 1 aromatic carbocycles. The Labute approximate surface area is 156 Å². The summed E-state index contributed by atoms with van der Waals surface area (Å²) in [6.45, 7) is 0.143. The van der Waals surface area contributed by atoms with Gasteiger partial charge in [0.1, 0.15) is 5.75 Å². The number of carbonyl (C=O) groups is 1. The molecule has 0 radical (unpaired) electrons. The second-order valence-corrected chi connectivity index (χ2v) is 6.76. The molecule has 136 valence electrons. The van der Waals surface area contributed by atoms with E-state index in [4.69, 9.17) is 10.5 Å². The molecule has 2 aromatic heterocycles. The minimum absolute atomic E-state index is 0.0622. The minimum atomic E-state index is -0.496. The van der Waals surface area contributed by atoms with Gasteiger partial charge in [0, 0.05) is 35.2 Å². The van der Waals surface area contributed by atoms with Gasteiger partial charge in [-0.25, -0.2) is 0 Å². The zero-order valence-electron chi connectivity index (χ0n) is 13.7. The van der Waals surface area contributed by atoms with Crippen molar-refractivity contribution in [3.8, 4) is 11.4 Å². The topological polar surface area (TPSA) is 99.2 Å². The third-order valence-electron chi connectivity index (χ3n) is 3.68. The monoisotopic (exact) mass is 394 g/mol. The molecule has 2 heterocycles. The van der Waals surface area contributed by atoms with E-state index in [2.05, 4.69) is 10.4 Å². The molecule has 0 bridgehead atoms. The summed E-state index contributed by atoms with van der Waals surface area (Å²) in [5.74, 6) is 0.252. The summed E-state index contributed by atoms with van der Waals surface area (Å²) in [5, 5.41) is 9.36. The SMILES string of the molecule is COc1ccc(-n2nc(C(=O)NCCSF)c3csc(N)c3c2=O)cc1. The van der Waals surface area contributed by atoms with Gasteiger partial charge in [-0.15, -0.1) is 11.3 Å². The van der Waals surface area contributed by atoms with E-state index in [0.29, 0.717) is 21.8 Å². The van der Waals surface area contributed by atoms with Gasteiger partial charge in [-0.2, -0.15) is 13.7 Å². The van der Waals surface area contributed by atoms with Crippen molar-refractivity contribution in [3.63, 3.8) is 0 Å². The lowest BCUT2D eigenvalue weighted by Crippen LogP contribution is -2.31. The van der Waals surface area contributed by atoms with Crippen LogP contribution >= 0.6 is 23.5 Å². The van der Waals surface area contributed by atoms with Crippen molar-refractivity contribution in [2.24, 2.45) is 0 Å². The molecule has 3 rings (SSSR count). The van der Waals surface area contributed by atoms with Crippen LogP contribution in [0.4, 0.5) is 8.89 Å². The van der Waals surface area contributed by atoms with E-state index >= 15 is 0 Å². The number of hydrogen-bond donors (Lipinski definition) is 2. The van der Waals surface area contributed by atoms with Crippen LogP contribution < -0.4 is 21.3 Å². The van der Waals surface area contributed by atoms with Crippen molar-refractivity contribution in [1.29, 1.82) is 0 Å². The fourth-order valence-electron chi connectivity index (χ4n) is 2.43. The highest BCUT2D eigenvalue weighted by molar-refractivity contribution is 7.94. The largest absolute Gasteiger partial charge is 0.497 e. The molecular weight excluding hydrogens is 379 g/mol. The van der Waals surface area contributed by atoms with Crippen LogP contribution in [0.5, 0.6) is 5.75 Å². The van der Waals surface area contributed by atoms with Gasteiger partial charge in [-0.3, -0.25) is 9.59 Å². The van der Waals surface area contributed by atoms with Gasteiger partial charge in [0.15, 0.2) is 5.69 Å². The van der Waals surface area contributed by atoms with Gasteiger partial charge in [0.2, 0.25) is 0 Å². The molecule has 0 unspecified atom stereocenters. The lowest BCUT2D eigenvalue weighted by Gasteiger charge is -2.10. The number of benzene rings is 1. The first-order valence-electron chi connectivity index (χ1n) is 7.53. The van der Waals surface area contributed by atoms with Crippen LogP contribution in [0, 0.1) is 0 Å². The summed E-state index contributed by atoms with van der Waals surface area (Å²) < 4.78 is 18.4. The molecule has 0 aliphatic heterocycles. The Morgan fingerprint density at radius 1 is 1.42 bits per heavy atom. The van der Waals surface area contributed by atoms with Gasteiger partial charge in [-0.1, -0.05) is 0 Å². The van der Waals surface area contributed by atoms with Gasteiger partial charge in [-0.05, 0) is 24.3 Å². The standard InChI is InChI=1S/C16H15FN4O3S2/c1-24-10-4-2-9(3-5-10)21-16(23)12-11(8-25-14(12)18)13(20-21)15(22)19-6-7-26-17/h2-5,8H,6-7,18H2,1H3,(H,19,22). The van der Waals surface area contributed by atoms with Crippen LogP contribution in [0.2, 0.25) is 0 Å². The molecule has 7 nitrogen and oxygen atoms in total. The Morgan fingerprint density at radius 3 is 2.81 bits per heavy atom. The Balaban J connectivity index is 2.14. The van der Waals surface area contributed by atoms with Crippen molar-refractivity contribution in [3.05, 3.63) is 45.7 Å². The van der Waals surface area contributed by atoms with E-state index in [1.54, 1.807) is 29.6 Å². The van der Waals surface area contributed by atoms with E-state index in [9.17, 15) is 13.5 Å². The molecule has 0 fully saturated rings. The van der Waals surface area contributed by atoms with E-state index < -0.39 is 11.5 Å². The summed E-state index contributed by atoms with van der Waals surface area (Å²) in [6, 6.07) is 6.68. The average Bonchev–Trinajstić information content (AvgIpc) is 3.04. The maximum atomic E-state index is 12.8. The second kappa shape index (κ2) is 7.75. The second-order valence-electron chi connectivity index (χ2n) is 5.22. The smallest absolute Gasteiger partial charge is 0.282 e. The maximum absolute atomic E-state index is 12.8. The molecule has 1 amide bonds. The van der Waals surface area contributed by atoms with E-state index in [1.807, 2.05) is 0 Å². The highest BCUT2D eigenvalue weighted by Crippen LogP contribution is 2.27. The zero-order valence-corrected chi connectivity index (χ0v) is 15.3. The highest BCUT2D eigenvalue weighted by atomic mass is 32.2. The molecule has 0 atom stereocenters. The summed E-state index contributed by atoms with van der Waals surface area (Å²) in [7, 11) is 1.54. The number of methoxy groups -OCH3 is 1. The number of halogens is 1. The number of fused-ring (bicyclic) bond motifs is 1. The van der Waals surface area contributed by atoms with Crippen LogP contribution in [0.1, 0.15) is 10.5 Å². The molecule has 3 N–H and O–H groups in total. The van der Waals surface area contributed by atoms with E-state index in [-0.39, 0.29) is 35.5 Å². The number of thiophene rings is 1. The number of nitrogens with zero attached hydrogens (tertiary/aromatic N) is 2. The van der Waals surface area contributed by atoms with Crippen molar-refractivity contribution in [2.75, 3.05) is 25.1 Å². The number of nitrogens with one attached hydrogen (secondary N) is 1. The molecule has 0 spiro atoms. The van der Waals surface area contributed by atoms with Crippen molar-refractivity contribution < 1.29 is 13.4 Å². The average molecular weight is 394 g/mol. The lowest BCUT2D eigenvalue weighted by atomic mass is 10.2. The zero-order chi connectivity index (χ0) is 18.7. The van der Waals surface area contributed by atoms with Crippen LogP contribution in [0.25, 0.3) is 16.5 Å². The number of amides is 1. The quantitative estimate of drug-likeness (QED) is 0.623. The summed E-state index contributed by atoms with van der Waals surface area (Å²) in [6.07, 6.45) is 0. The summed E-state index contributed by atoms with van der Waals surface area (Å²) in [4.78, 5) is 25.3. The summed E-state index contributed by atoms with van der Waals surface area (Å²) >= 11 is 1.29. The van der Waals surface area contributed by atoms with E-state index in [1.165, 1.54) is 7.11 Å². The Hall–Kier alpha value is -2.59. The first-order valence-corrected chi connectivity index (χ1v) is 9.29. The Morgan fingerprint density at radius 2 is 2.15 bits per heavy atom. The molecule has 26 heavy (non-hydrogen) atoms. The number of ether oxygens (including phenoxy) is 1. The predicted molar refractivity (Wildman–Crippen MR) is 102 cm³/mol. The van der Waals surface area contributed by atoms with Crippen molar-refractivity contribution >= 4 is 45.2 Å². The van der Waals surface area contributed by atoms with Crippen molar-refractivity contribution in [2.45, 2.75) is 0 Å². The Kier molecular flexibility index (Phi) is 5.43. The number of nitrogen functional groups attached to an aromatic ring is 1. The third kappa shape index (κ3) is 3.37. The Bertz CT molecular complexity index is 1000. The fourth-order valence-corrected chi connectivity index (χ4v) is 3.39. The van der Waals surface area contributed by atoms with Gasteiger partial charge < -0.3 is 15.8 Å². The molecule has 0 aliphatic carbocycles. The number of carbonyl (C=O) groups excluding carboxylic acids is 1. The molecule has 0 saturated heterocycles. The molecule has 0 aliphatic rings. The highest BCUT2D eigenvalue weighted by Gasteiger charge is 2.20. The number of anilines is 1. The van der Waals surface area contributed by atoms with Crippen LogP contribution in [0.15, 0.2) is 34.4 Å². The maximum Gasteiger partial charge on any atom is 0.282 e. The number of nitrogens with two attached hydrogens (primary N) is 1. The van der Waals surface area contributed by atoms with E-state index in [0.717, 1.165) is 16.0 Å². The predicted octanol–water partition coefficient (Wildman–Crippen LogP) is 2.39. The number of hydrogen-bond acceptors (Lipinski definition) is 7. The molecule has 10 heteroatoms. The molecule has 3 aromatic rings. The lowest BCUT2D eigenvalue weighted by molar-refractivity contribution is 0.0951. The summed E-state index contributed by atoms with van der Waals surface area (Å²) in [5.41, 5.74) is 6.05. The first kappa shape index (κ1) is 18.2. The normalized spacial score (nSPS) is 10.8. The van der Waals surface area contributed by atoms with Crippen LogP contribution in [0.3, 0.4) is 0 Å². The molecular formula is C16H15FN4O3S2. The van der Waals surface area contributed by atoms with Crippen molar-refractivity contribution in [1.82, 2.24) is 15.1 Å². The van der Waals surface area contributed by atoms with Gasteiger partial charge >= 0.3 is 0 Å². The van der Waals surface area contributed by atoms with Crippen LogP contribution in [-0.2, 0) is 0 Å². The molecule has 0 saturated carbocycles.